The Balaban J connectivity index is 1.70. The first-order valence-corrected chi connectivity index (χ1v) is 7.71. The summed E-state index contributed by atoms with van der Waals surface area (Å²) in [5.41, 5.74) is 7.59. The summed E-state index contributed by atoms with van der Waals surface area (Å²) in [7, 11) is 1.60. The molecule has 116 valence electrons. The molecule has 2 aromatic heterocycles. The number of carbonyl (C=O) groups is 1. The molecule has 1 saturated carbocycles. The highest BCUT2D eigenvalue weighted by atomic mass is 16.5. The summed E-state index contributed by atoms with van der Waals surface area (Å²) < 4.78 is 7.06. The van der Waals surface area contributed by atoms with Gasteiger partial charge in [-0.3, -0.25) is 4.79 Å². The molecule has 2 fully saturated rings. The van der Waals surface area contributed by atoms with Crippen molar-refractivity contribution < 1.29 is 9.53 Å². The van der Waals surface area contributed by atoms with Crippen LogP contribution in [0.15, 0.2) is 24.5 Å². The lowest BCUT2D eigenvalue weighted by atomic mass is 9.92. The summed E-state index contributed by atoms with van der Waals surface area (Å²) in [6.07, 6.45) is 6.75. The van der Waals surface area contributed by atoms with E-state index in [4.69, 9.17) is 10.5 Å². The van der Waals surface area contributed by atoms with Crippen LogP contribution in [0.3, 0.4) is 0 Å². The second kappa shape index (κ2) is 4.71. The van der Waals surface area contributed by atoms with Crippen molar-refractivity contribution in [2.24, 2.45) is 11.7 Å². The molecule has 1 saturated heterocycles. The Hall–Kier alpha value is -2.08. The van der Waals surface area contributed by atoms with Crippen LogP contribution in [0.2, 0.25) is 0 Å². The van der Waals surface area contributed by atoms with E-state index >= 15 is 0 Å². The number of hydrogen-bond acceptors (Lipinski definition) is 4. The quantitative estimate of drug-likeness (QED) is 0.907. The van der Waals surface area contributed by atoms with Crippen LogP contribution in [-0.4, -0.2) is 46.2 Å². The molecule has 2 aromatic rings. The van der Waals surface area contributed by atoms with Gasteiger partial charge in [0.1, 0.15) is 11.3 Å². The van der Waals surface area contributed by atoms with Gasteiger partial charge in [-0.15, -0.1) is 0 Å². The van der Waals surface area contributed by atoms with Gasteiger partial charge >= 0.3 is 0 Å². The maximum Gasteiger partial charge on any atom is 0.257 e. The van der Waals surface area contributed by atoms with Crippen molar-refractivity contribution in [2.45, 2.75) is 24.8 Å². The summed E-state index contributed by atoms with van der Waals surface area (Å²) in [6, 6.07) is 3.69. The van der Waals surface area contributed by atoms with Crippen molar-refractivity contribution in [3.05, 3.63) is 30.1 Å². The first-order valence-electron chi connectivity index (χ1n) is 7.71. The van der Waals surface area contributed by atoms with E-state index in [-0.39, 0.29) is 11.4 Å². The minimum Gasteiger partial charge on any atom is -0.494 e. The normalized spacial score (nSPS) is 27.4. The Bertz CT molecular complexity index is 741. The van der Waals surface area contributed by atoms with Gasteiger partial charge in [-0.1, -0.05) is 6.42 Å². The fourth-order valence-electron chi connectivity index (χ4n) is 3.99. The van der Waals surface area contributed by atoms with Crippen LogP contribution >= 0.6 is 0 Å². The highest BCUT2D eigenvalue weighted by molar-refractivity contribution is 6.02. The molecule has 6 nitrogen and oxygen atoms in total. The molecule has 1 aliphatic carbocycles. The van der Waals surface area contributed by atoms with Gasteiger partial charge in [-0.25, -0.2) is 4.52 Å². The van der Waals surface area contributed by atoms with E-state index in [0.29, 0.717) is 23.8 Å². The fraction of sp³-hybridized carbons (Fsp3) is 0.500. The number of pyridine rings is 1. The van der Waals surface area contributed by atoms with Gasteiger partial charge in [-0.2, -0.15) is 5.10 Å². The van der Waals surface area contributed by atoms with Crippen LogP contribution in [0.5, 0.6) is 5.75 Å². The molecule has 2 atom stereocenters. The molecule has 22 heavy (non-hydrogen) atoms. The molecule has 2 aliphatic rings. The van der Waals surface area contributed by atoms with Crippen LogP contribution in [0.1, 0.15) is 29.6 Å². The summed E-state index contributed by atoms with van der Waals surface area (Å²) in [6.45, 7) is 1.39. The largest absolute Gasteiger partial charge is 0.494 e. The Kier molecular flexibility index (Phi) is 2.91. The lowest BCUT2D eigenvalue weighted by Gasteiger charge is -2.22. The maximum atomic E-state index is 12.9. The van der Waals surface area contributed by atoms with Gasteiger partial charge in [0, 0.05) is 24.8 Å². The van der Waals surface area contributed by atoms with E-state index < -0.39 is 0 Å². The molecule has 1 aliphatic heterocycles. The third kappa shape index (κ3) is 1.83. The molecule has 2 unspecified atom stereocenters. The van der Waals surface area contributed by atoms with Gasteiger partial charge in [0.15, 0.2) is 0 Å². The zero-order valence-electron chi connectivity index (χ0n) is 12.7. The average molecular weight is 300 g/mol. The van der Waals surface area contributed by atoms with Gasteiger partial charge in [-0.05, 0) is 30.9 Å². The molecule has 1 amide bonds. The van der Waals surface area contributed by atoms with Crippen molar-refractivity contribution in [3.63, 3.8) is 0 Å². The number of fused-ring (bicyclic) bond motifs is 2. The number of rotatable bonds is 2. The number of ether oxygens (including phenoxy) is 1. The number of likely N-dealkylation sites (tertiary alicyclic amines) is 1. The van der Waals surface area contributed by atoms with E-state index in [1.54, 1.807) is 17.8 Å². The smallest absolute Gasteiger partial charge is 0.257 e. The van der Waals surface area contributed by atoms with Crippen LogP contribution in [0, 0.1) is 5.92 Å². The number of methoxy groups -OCH3 is 1. The summed E-state index contributed by atoms with van der Waals surface area (Å²) >= 11 is 0. The Morgan fingerprint density at radius 3 is 3.18 bits per heavy atom. The molecule has 0 bridgehead atoms. The zero-order chi connectivity index (χ0) is 15.3. The number of amides is 1. The molecule has 0 radical (unpaired) electrons. The molecule has 6 heteroatoms. The van der Waals surface area contributed by atoms with Crippen LogP contribution in [0.4, 0.5) is 0 Å². The highest BCUT2D eigenvalue weighted by Crippen LogP contribution is 2.40. The third-order valence-corrected chi connectivity index (χ3v) is 5.18. The second-order valence-corrected chi connectivity index (χ2v) is 6.44. The topological polar surface area (TPSA) is 72.9 Å². The van der Waals surface area contributed by atoms with Crippen LogP contribution in [-0.2, 0) is 0 Å². The van der Waals surface area contributed by atoms with Crippen molar-refractivity contribution in [3.8, 4) is 5.75 Å². The molecule has 2 N–H and O–H groups in total. The Morgan fingerprint density at radius 2 is 2.41 bits per heavy atom. The van der Waals surface area contributed by atoms with Gasteiger partial charge in [0.2, 0.25) is 0 Å². The van der Waals surface area contributed by atoms with Crippen molar-refractivity contribution in [1.82, 2.24) is 14.5 Å². The first-order chi connectivity index (χ1) is 10.6. The van der Waals surface area contributed by atoms with E-state index in [1.807, 2.05) is 23.2 Å². The van der Waals surface area contributed by atoms with Crippen molar-refractivity contribution in [1.29, 1.82) is 0 Å². The maximum absolute atomic E-state index is 12.9. The van der Waals surface area contributed by atoms with Crippen molar-refractivity contribution >= 4 is 11.4 Å². The minimum absolute atomic E-state index is 0.00118. The monoisotopic (exact) mass is 300 g/mol. The van der Waals surface area contributed by atoms with E-state index in [1.165, 1.54) is 6.42 Å². The second-order valence-electron chi connectivity index (χ2n) is 6.44. The van der Waals surface area contributed by atoms with Gasteiger partial charge in [0.25, 0.3) is 5.91 Å². The van der Waals surface area contributed by atoms with Gasteiger partial charge in [0.05, 0.1) is 18.9 Å². The molecule has 4 rings (SSSR count). The average Bonchev–Trinajstić information content (AvgIpc) is 3.16. The molecule has 3 heterocycles. The van der Waals surface area contributed by atoms with Crippen LogP contribution in [0.25, 0.3) is 5.52 Å². The number of nitrogens with two attached hydrogens (primary N) is 1. The third-order valence-electron chi connectivity index (χ3n) is 5.18. The van der Waals surface area contributed by atoms with Crippen LogP contribution < -0.4 is 10.5 Å². The summed E-state index contributed by atoms with van der Waals surface area (Å²) in [5.74, 6) is 1.09. The summed E-state index contributed by atoms with van der Waals surface area (Å²) in [4.78, 5) is 14.8. The predicted molar refractivity (Wildman–Crippen MR) is 81.9 cm³/mol. The van der Waals surface area contributed by atoms with Gasteiger partial charge < -0.3 is 15.4 Å². The number of aromatic nitrogens is 2. The Labute approximate surface area is 128 Å². The lowest BCUT2D eigenvalue weighted by molar-refractivity contribution is 0.0780. The molecule has 0 spiro atoms. The predicted octanol–water partition coefficient (Wildman–Crippen LogP) is 1.30. The standard InChI is InChI=1S/C16H20N4O2/c1-22-13-5-3-7-20-14(13)12(8-18-20)15(21)19-9-11-4-2-6-16(11,17)10-19/h3,5,7-8,11H,2,4,6,9-10,17H2,1H3. The highest BCUT2D eigenvalue weighted by Gasteiger charge is 2.48. The summed E-state index contributed by atoms with van der Waals surface area (Å²) in [5, 5.41) is 4.27. The van der Waals surface area contributed by atoms with E-state index in [2.05, 4.69) is 5.10 Å². The number of nitrogens with zero attached hydrogens (tertiary/aromatic N) is 3. The minimum atomic E-state index is -0.192. The number of hydrogen-bond donors (Lipinski definition) is 1. The Morgan fingerprint density at radius 1 is 1.55 bits per heavy atom. The molecule has 0 aromatic carbocycles. The molecular weight excluding hydrogens is 280 g/mol. The van der Waals surface area contributed by atoms with Crippen molar-refractivity contribution in [2.75, 3.05) is 20.2 Å². The van der Waals surface area contributed by atoms with E-state index in [9.17, 15) is 4.79 Å². The zero-order valence-corrected chi connectivity index (χ0v) is 12.7. The molecular formula is C16H20N4O2. The lowest BCUT2D eigenvalue weighted by Crippen LogP contribution is -2.44. The van der Waals surface area contributed by atoms with E-state index in [0.717, 1.165) is 24.9 Å². The fourth-order valence-corrected chi connectivity index (χ4v) is 3.99. The number of carbonyl (C=O) groups excluding carboxylic acids is 1. The SMILES string of the molecule is COc1cccn2ncc(C(=O)N3CC4CCCC4(N)C3)c12. The first kappa shape index (κ1) is 13.6.